The number of benzene rings is 1. The predicted molar refractivity (Wildman–Crippen MR) is 365 cm³/mol. The maximum atomic E-state index is 14.7. The molecule has 0 aromatic heterocycles. The monoisotopic (exact) mass is 1420 g/mol. The Kier molecular flexibility index (Phi) is 36.3. The van der Waals surface area contributed by atoms with Crippen molar-refractivity contribution in [3.05, 3.63) is 35.9 Å². The van der Waals surface area contributed by atoms with Gasteiger partial charge >= 0.3 is 5.97 Å². The molecule has 12 amide bonds. The molecule has 0 saturated carbocycles. The molecule has 2 aliphatic rings. The number of rotatable bonds is 41. The fourth-order valence-electron chi connectivity index (χ4n) is 10.7. The highest BCUT2D eigenvalue weighted by atomic mass is 32.1. The molecule has 34 nitrogen and oxygen atoms in total. The third kappa shape index (κ3) is 26.1. The molecular weight excluding hydrogens is 1320 g/mol. The van der Waals surface area contributed by atoms with Crippen LogP contribution in [-0.4, -0.2) is 248 Å². The van der Waals surface area contributed by atoms with Crippen LogP contribution in [0.15, 0.2) is 30.3 Å². The average Bonchev–Trinajstić information content (AvgIpc) is 1.62. The Morgan fingerprint density at radius 2 is 1.12 bits per heavy atom. The van der Waals surface area contributed by atoms with Gasteiger partial charge in [-0.05, 0) is 89.7 Å². The van der Waals surface area contributed by atoms with E-state index in [4.69, 9.17) is 22.6 Å². The largest absolute Gasteiger partial charge is 0.480 e. The quantitative estimate of drug-likeness (QED) is 0.0126. The summed E-state index contributed by atoms with van der Waals surface area (Å²) in [5, 5.41) is 77.2. The maximum absolute atomic E-state index is 14.7. The number of nitrogens with one attached hydrogen (secondary N) is 12. The van der Waals surface area contributed by atoms with Crippen LogP contribution in [0.3, 0.4) is 0 Å². The zero-order chi connectivity index (χ0) is 73.7. The molecular formula is C62H103N17O17S2. The summed E-state index contributed by atoms with van der Waals surface area (Å²) < 4.78 is 0. The molecule has 3 rings (SSSR count). The minimum absolute atomic E-state index is 0.0193. The number of unbranched alkanes of at least 4 members (excludes halogenated alkanes) is 1. The third-order valence-electron chi connectivity index (χ3n) is 17.1. The third-order valence-corrected chi connectivity index (χ3v) is 17.8. The second-order valence-corrected chi connectivity index (χ2v) is 25.5. The predicted octanol–water partition coefficient (Wildman–Crippen LogP) is -5.80. The van der Waals surface area contributed by atoms with Crippen molar-refractivity contribution in [1.29, 1.82) is 5.41 Å². The van der Waals surface area contributed by atoms with Crippen LogP contribution in [-0.2, 0) is 68.7 Å². The molecule has 1 aromatic carbocycles. The molecule has 0 bridgehead atoms. The van der Waals surface area contributed by atoms with Gasteiger partial charge in [0.15, 0.2) is 5.96 Å². The molecule has 2 heterocycles. The number of nitrogens with zero attached hydrogens (tertiary/aromatic N) is 2. The molecule has 2 fully saturated rings. The van der Waals surface area contributed by atoms with E-state index in [0.717, 1.165) is 11.8 Å². The molecule has 1 aromatic rings. The Balaban J connectivity index is 1.78. The topological polar surface area (TPSA) is 544 Å². The zero-order valence-corrected chi connectivity index (χ0v) is 58.3. The summed E-state index contributed by atoms with van der Waals surface area (Å²) >= 11 is 8.22. The summed E-state index contributed by atoms with van der Waals surface area (Å²) in [6.45, 7) is 9.49. The summed E-state index contributed by atoms with van der Waals surface area (Å²) in [4.78, 5) is 181. The number of nitrogens with two attached hydrogens (primary N) is 3. The van der Waals surface area contributed by atoms with Gasteiger partial charge < -0.3 is 106 Å². The van der Waals surface area contributed by atoms with Gasteiger partial charge in [-0.15, -0.1) is 0 Å². The summed E-state index contributed by atoms with van der Waals surface area (Å²) in [6.07, 6.45) is -1.53. The number of thiol groups is 2. The SMILES string of the molecule is CC[C@H](C)[C@H](NC(=O)[C@@H]1C[C@@H](O)CN1C(=O)[C@@H]1CCCN1C(=O)[C@@H](NC(=O)[C@H](CO)NC(=O)[C@H](CCCCN)NC(=O)[C@@H](NC(=O)[C@H](C)NC(=O)[C@H](CCCNC(=N)N)NC(=O)[C@H](C)NC(=O)[C@@H](N)CS)[C@@H](C)O)[C@@H](C)CC)C(=O)N[C@@H](CS)C(=O)N[C@@H](Cc1ccccc1)C(=O)O. The van der Waals surface area contributed by atoms with Crippen molar-refractivity contribution in [3.8, 4) is 0 Å². The molecule has 0 radical (unpaired) electrons. The van der Waals surface area contributed by atoms with E-state index < -0.39 is 186 Å². The van der Waals surface area contributed by atoms with Crippen molar-refractivity contribution < 1.29 is 82.8 Å². The molecule has 22 N–H and O–H groups in total. The van der Waals surface area contributed by atoms with E-state index in [1.54, 1.807) is 58.0 Å². The molecule has 36 heteroatoms. The standard InChI is InChI=1S/C62H103N17O17S2/c1-8-31(3)46(57(91)74-43(30-98)55(89)72-41(61(95)96)25-36-17-11-10-12-18-36)75-56(90)45-26-37(82)27-79(45)59(93)44-21-16-24-78(44)60(94)47(32(4)9-2)76-54(88)42(28-80)73-53(87)39(19-13-14-22-63)71-58(92)48(35(7)81)77-50(84)34(6)69-52(86)40(20-15-23-67-62(65)66)70-49(83)33(5)68-51(85)38(64)29-97/h10-12,17-18,31-35,37-48,80-82,97-98H,8-9,13-16,19-30,63-64H2,1-7H3,(H,68,85)(H,69,86)(H,70,83)(H,71,92)(H,72,89)(H,73,87)(H,74,91)(H,75,90)(H,76,88)(H,77,84)(H,95,96)(H4,65,66,67)/t31-,32-,33-,34-,35+,37+,38-,39-,40-,41-,42-,43-,44-,45-,46-,47-,48-/m0/s1. The van der Waals surface area contributed by atoms with E-state index in [1.165, 1.54) is 18.7 Å². The van der Waals surface area contributed by atoms with Crippen molar-refractivity contribution in [2.75, 3.05) is 44.3 Å². The van der Waals surface area contributed by atoms with Gasteiger partial charge in [0.25, 0.3) is 0 Å². The van der Waals surface area contributed by atoms with Crippen LogP contribution < -0.4 is 75.7 Å². The van der Waals surface area contributed by atoms with E-state index in [1.807, 2.05) is 0 Å². The lowest BCUT2D eigenvalue weighted by Gasteiger charge is -2.35. The number of amides is 12. The van der Waals surface area contributed by atoms with E-state index >= 15 is 0 Å². The first kappa shape index (κ1) is 84.3. The number of hydrogen-bond donors (Lipinski definition) is 21. The normalized spacial score (nSPS) is 19.4. The van der Waals surface area contributed by atoms with E-state index in [0.29, 0.717) is 24.8 Å². The maximum Gasteiger partial charge on any atom is 0.326 e. The number of aliphatic hydroxyl groups excluding tert-OH is 3. The van der Waals surface area contributed by atoms with E-state index in [9.17, 15) is 82.8 Å². The Labute approximate surface area is 581 Å². The van der Waals surface area contributed by atoms with Gasteiger partial charge in [-0.1, -0.05) is 70.9 Å². The summed E-state index contributed by atoms with van der Waals surface area (Å²) in [6, 6.07) is -9.36. The molecule has 550 valence electrons. The van der Waals surface area contributed by atoms with Crippen LogP contribution in [0, 0.1) is 17.2 Å². The number of carboxylic acid groups (broad SMARTS) is 1. The minimum Gasteiger partial charge on any atom is -0.480 e. The highest BCUT2D eigenvalue weighted by molar-refractivity contribution is 7.80. The molecule has 2 aliphatic heterocycles. The highest BCUT2D eigenvalue weighted by Crippen LogP contribution is 2.28. The lowest BCUT2D eigenvalue weighted by molar-refractivity contribution is -0.149. The van der Waals surface area contributed by atoms with Crippen molar-refractivity contribution in [1.82, 2.24) is 68.3 Å². The van der Waals surface area contributed by atoms with Gasteiger partial charge in [-0.25, -0.2) is 4.79 Å². The molecule has 17 atom stereocenters. The second-order valence-electron chi connectivity index (χ2n) is 24.8. The van der Waals surface area contributed by atoms with Gasteiger partial charge in [-0.2, -0.15) is 25.3 Å². The Hall–Kier alpha value is -7.90. The number of hydrogen-bond acceptors (Lipinski definition) is 21. The summed E-state index contributed by atoms with van der Waals surface area (Å²) in [7, 11) is 0. The Morgan fingerprint density at radius 3 is 1.68 bits per heavy atom. The molecule has 0 unspecified atom stereocenters. The number of aliphatic carboxylic acids is 1. The van der Waals surface area contributed by atoms with Crippen LogP contribution in [0.25, 0.3) is 0 Å². The van der Waals surface area contributed by atoms with Crippen molar-refractivity contribution in [2.45, 2.75) is 210 Å². The van der Waals surface area contributed by atoms with Crippen LogP contribution in [0.5, 0.6) is 0 Å². The fourth-order valence-corrected chi connectivity index (χ4v) is 11.2. The van der Waals surface area contributed by atoms with Gasteiger partial charge in [-0.3, -0.25) is 62.9 Å². The molecule has 2 saturated heterocycles. The first-order valence-electron chi connectivity index (χ1n) is 32.9. The zero-order valence-electron chi connectivity index (χ0n) is 56.5. The van der Waals surface area contributed by atoms with Crippen LogP contribution in [0.2, 0.25) is 0 Å². The van der Waals surface area contributed by atoms with Gasteiger partial charge in [0.2, 0.25) is 70.9 Å². The highest BCUT2D eigenvalue weighted by Gasteiger charge is 2.48. The number of likely N-dealkylation sites (tertiary alicyclic amines) is 2. The van der Waals surface area contributed by atoms with Gasteiger partial charge in [0, 0.05) is 44.0 Å². The van der Waals surface area contributed by atoms with Crippen LogP contribution in [0.1, 0.15) is 118 Å². The second kappa shape index (κ2) is 42.1. The number of aliphatic hydroxyl groups is 3. The first-order valence-corrected chi connectivity index (χ1v) is 34.2. The van der Waals surface area contributed by atoms with Crippen molar-refractivity contribution in [3.63, 3.8) is 0 Å². The van der Waals surface area contributed by atoms with E-state index in [2.05, 4.69) is 83.7 Å². The Morgan fingerprint density at radius 1 is 0.612 bits per heavy atom. The lowest BCUT2D eigenvalue weighted by atomic mass is 9.96. The van der Waals surface area contributed by atoms with Crippen molar-refractivity contribution in [2.24, 2.45) is 29.0 Å². The summed E-state index contributed by atoms with van der Waals surface area (Å²) in [5.74, 6) is -13.6. The molecule has 0 spiro atoms. The first-order chi connectivity index (χ1) is 46.3. The number of carboxylic acids is 1. The fraction of sp³-hybridized carbons (Fsp3) is 0.677. The molecule has 98 heavy (non-hydrogen) atoms. The smallest absolute Gasteiger partial charge is 0.326 e. The number of carbonyl (C=O) groups is 13. The van der Waals surface area contributed by atoms with Crippen molar-refractivity contribution >= 4 is 108 Å². The molecule has 0 aliphatic carbocycles. The van der Waals surface area contributed by atoms with Crippen LogP contribution in [0.4, 0.5) is 0 Å². The lowest BCUT2D eigenvalue weighted by Crippen LogP contribution is -2.62. The van der Waals surface area contributed by atoms with Gasteiger partial charge in [0.1, 0.15) is 72.5 Å². The van der Waals surface area contributed by atoms with Crippen LogP contribution >= 0.6 is 25.3 Å². The number of carbonyl (C=O) groups excluding carboxylic acids is 12. The number of β-amino-alcohol motifs (C(OH)–C–C–N with tert-alkyl or cyclic N) is 1. The summed E-state index contributed by atoms with van der Waals surface area (Å²) in [5.41, 5.74) is 17.4. The Bertz CT molecular complexity index is 2910. The van der Waals surface area contributed by atoms with Gasteiger partial charge in [0.05, 0.1) is 24.9 Å². The number of guanidine groups is 1. The minimum atomic E-state index is -1.78. The average molecular weight is 1420 g/mol. The van der Waals surface area contributed by atoms with E-state index in [-0.39, 0.29) is 95.0 Å².